The van der Waals surface area contributed by atoms with Gasteiger partial charge in [-0.05, 0) is 17.7 Å². The monoisotopic (exact) mass is 362 g/mol. The first kappa shape index (κ1) is 19.8. The summed E-state index contributed by atoms with van der Waals surface area (Å²) in [7, 11) is 2.76. The lowest BCUT2D eigenvalue weighted by molar-refractivity contribution is 0.0949. The summed E-state index contributed by atoms with van der Waals surface area (Å²) in [6.45, 7) is 0. The van der Waals surface area contributed by atoms with Gasteiger partial charge in [-0.3, -0.25) is 9.48 Å². The molecule has 0 aliphatic carbocycles. The molecule has 2 aromatic carbocycles. The lowest BCUT2D eigenvalue weighted by Crippen LogP contribution is -2.20. The third-order valence-corrected chi connectivity index (χ3v) is 3.53. The molecule has 1 heterocycles. The molecule has 1 aromatic heterocycles. The van der Waals surface area contributed by atoms with E-state index in [2.05, 4.69) is 15.6 Å². The van der Waals surface area contributed by atoms with Crippen LogP contribution in [0, 0.1) is 0 Å². The van der Waals surface area contributed by atoms with E-state index in [-0.39, 0.29) is 5.91 Å². The molecule has 3 rings (SSSR count). The number of rotatable bonds is 5. The predicted molar refractivity (Wildman–Crippen MR) is 107 cm³/mol. The molecule has 0 aliphatic rings. The Morgan fingerprint density at radius 3 is 2.26 bits per heavy atom. The fraction of sp³-hybridized carbons (Fsp3) is 0.0952. The van der Waals surface area contributed by atoms with Crippen LogP contribution in [0.4, 0.5) is 0 Å². The normalized spacial score (nSPS) is 11.0. The zero-order valence-corrected chi connectivity index (χ0v) is 15.3. The Hall–Kier alpha value is -3.51. The van der Waals surface area contributed by atoms with E-state index in [1.807, 2.05) is 72.8 Å². The minimum Gasteiger partial charge on any atom is -0.400 e. The highest BCUT2D eigenvalue weighted by Gasteiger charge is 2.08. The molecular weight excluding hydrogens is 340 g/mol. The molecule has 0 atom stereocenters. The highest BCUT2D eigenvalue weighted by atomic mass is 16.2. The van der Waals surface area contributed by atoms with Gasteiger partial charge < -0.3 is 5.11 Å². The molecule has 1 amide bonds. The van der Waals surface area contributed by atoms with Crippen LogP contribution >= 0.6 is 0 Å². The van der Waals surface area contributed by atoms with Gasteiger partial charge in [-0.1, -0.05) is 66.7 Å². The number of aromatic nitrogens is 2. The number of carbonyl (C=O) groups excluding carboxylic acids is 1. The van der Waals surface area contributed by atoms with Crippen LogP contribution in [0.5, 0.6) is 0 Å². The second-order valence-electron chi connectivity index (χ2n) is 5.42. The fourth-order valence-electron chi connectivity index (χ4n) is 2.25. The number of hydrogen-bond acceptors (Lipinski definition) is 4. The standard InChI is InChI=1S/C20H18N4O.CH4O/c1-24-15-14-19(23-24)20(25)22-21-18(17-10-6-3-7-11-17)13-12-16-8-4-2-5-9-16;1-2/h2-15H,1H3,(H,22,25);2H,1H3/b13-12+,21-18-;. The molecule has 138 valence electrons. The van der Waals surface area contributed by atoms with E-state index in [4.69, 9.17) is 5.11 Å². The molecule has 0 fully saturated rings. The number of carbonyl (C=O) groups is 1. The van der Waals surface area contributed by atoms with Crippen molar-refractivity contribution in [1.29, 1.82) is 0 Å². The van der Waals surface area contributed by atoms with Crippen molar-refractivity contribution in [2.24, 2.45) is 12.1 Å². The van der Waals surface area contributed by atoms with Crippen molar-refractivity contribution >= 4 is 17.7 Å². The fourth-order valence-corrected chi connectivity index (χ4v) is 2.25. The molecule has 6 nitrogen and oxygen atoms in total. The number of allylic oxidation sites excluding steroid dienone is 1. The van der Waals surface area contributed by atoms with Gasteiger partial charge in [0.15, 0.2) is 5.69 Å². The SMILES string of the molecule is CO.Cn1ccc(C(=O)N/N=C(/C=C/c2ccccc2)c2ccccc2)n1. The van der Waals surface area contributed by atoms with Gasteiger partial charge in [0, 0.05) is 25.9 Å². The average molecular weight is 362 g/mol. The van der Waals surface area contributed by atoms with Gasteiger partial charge in [-0.15, -0.1) is 0 Å². The van der Waals surface area contributed by atoms with E-state index in [1.54, 1.807) is 24.0 Å². The van der Waals surface area contributed by atoms with Crippen molar-refractivity contribution in [2.75, 3.05) is 7.11 Å². The largest absolute Gasteiger partial charge is 0.400 e. The van der Waals surface area contributed by atoms with Crippen LogP contribution in [0.1, 0.15) is 21.6 Å². The van der Waals surface area contributed by atoms with Crippen molar-refractivity contribution < 1.29 is 9.90 Å². The maximum Gasteiger partial charge on any atom is 0.291 e. The second kappa shape index (κ2) is 10.5. The number of nitrogens with zero attached hydrogens (tertiary/aromatic N) is 3. The molecule has 0 bridgehead atoms. The summed E-state index contributed by atoms with van der Waals surface area (Å²) in [5.74, 6) is -0.345. The molecule has 0 aliphatic heterocycles. The summed E-state index contributed by atoms with van der Waals surface area (Å²) in [5, 5.41) is 15.3. The molecule has 3 aromatic rings. The van der Waals surface area contributed by atoms with E-state index in [1.165, 1.54) is 0 Å². The number of hydrazone groups is 1. The summed E-state index contributed by atoms with van der Waals surface area (Å²) in [6.07, 6.45) is 5.55. The molecule has 6 heteroatoms. The van der Waals surface area contributed by atoms with Crippen molar-refractivity contribution in [3.63, 3.8) is 0 Å². The molecular formula is C21H22N4O2. The number of aliphatic hydroxyl groups excluding tert-OH is 1. The Balaban J connectivity index is 0.00000126. The minimum atomic E-state index is -0.345. The molecule has 0 radical (unpaired) electrons. The van der Waals surface area contributed by atoms with E-state index < -0.39 is 0 Å². The van der Waals surface area contributed by atoms with Crippen LogP contribution in [0.25, 0.3) is 6.08 Å². The van der Waals surface area contributed by atoms with Gasteiger partial charge in [0.25, 0.3) is 5.91 Å². The average Bonchev–Trinajstić information content (AvgIpc) is 3.17. The highest BCUT2D eigenvalue weighted by Crippen LogP contribution is 2.07. The van der Waals surface area contributed by atoms with Crippen LogP contribution in [0.15, 0.2) is 84.1 Å². The zero-order chi connectivity index (χ0) is 19.5. The van der Waals surface area contributed by atoms with Gasteiger partial charge in [0.2, 0.25) is 0 Å². The number of aliphatic hydroxyl groups is 1. The number of nitrogens with one attached hydrogen (secondary N) is 1. The first-order valence-corrected chi connectivity index (χ1v) is 8.33. The summed E-state index contributed by atoms with van der Waals surface area (Å²) in [5.41, 5.74) is 5.53. The Labute approximate surface area is 158 Å². The first-order chi connectivity index (χ1) is 13.2. The van der Waals surface area contributed by atoms with Crippen LogP contribution in [0.2, 0.25) is 0 Å². The van der Waals surface area contributed by atoms with Gasteiger partial charge in [0.1, 0.15) is 0 Å². The number of hydrogen-bond donors (Lipinski definition) is 2. The summed E-state index contributed by atoms with van der Waals surface area (Å²) >= 11 is 0. The highest BCUT2D eigenvalue weighted by molar-refractivity contribution is 6.11. The van der Waals surface area contributed by atoms with Crippen LogP contribution in [-0.4, -0.2) is 33.6 Å². The summed E-state index contributed by atoms with van der Waals surface area (Å²) in [6, 6.07) is 21.3. The Morgan fingerprint density at radius 2 is 1.67 bits per heavy atom. The van der Waals surface area contributed by atoms with Crippen molar-refractivity contribution in [3.05, 3.63) is 95.8 Å². The molecule has 0 saturated carbocycles. The minimum absolute atomic E-state index is 0.325. The smallest absolute Gasteiger partial charge is 0.291 e. The number of benzene rings is 2. The molecule has 27 heavy (non-hydrogen) atoms. The molecule has 0 spiro atoms. The van der Waals surface area contributed by atoms with E-state index in [0.29, 0.717) is 11.4 Å². The van der Waals surface area contributed by atoms with Crippen LogP contribution in [-0.2, 0) is 7.05 Å². The molecule has 2 N–H and O–H groups in total. The molecule has 0 unspecified atom stereocenters. The third kappa shape index (κ3) is 6.05. The van der Waals surface area contributed by atoms with Crippen molar-refractivity contribution in [1.82, 2.24) is 15.2 Å². The Morgan fingerprint density at radius 1 is 1.04 bits per heavy atom. The van der Waals surface area contributed by atoms with Crippen molar-refractivity contribution in [2.45, 2.75) is 0 Å². The lowest BCUT2D eigenvalue weighted by atomic mass is 10.1. The summed E-state index contributed by atoms with van der Waals surface area (Å²) < 4.78 is 1.58. The maximum absolute atomic E-state index is 12.1. The topological polar surface area (TPSA) is 79.5 Å². The maximum atomic E-state index is 12.1. The summed E-state index contributed by atoms with van der Waals surface area (Å²) in [4.78, 5) is 12.1. The van der Waals surface area contributed by atoms with Gasteiger partial charge in [-0.25, -0.2) is 5.43 Å². The first-order valence-electron chi connectivity index (χ1n) is 8.33. The van der Waals surface area contributed by atoms with Gasteiger partial charge in [0.05, 0.1) is 5.71 Å². The molecule has 0 saturated heterocycles. The third-order valence-electron chi connectivity index (χ3n) is 3.53. The van der Waals surface area contributed by atoms with Gasteiger partial charge in [-0.2, -0.15) is 10.2 Å². The van der Waals surface area contributed by atoms with E-state index in [9.17, 15) is 4.79 Å². The Bertz CT molecular complexity index is 900. The van der Waals surface area contributed by atoms with Crippen LogP contribution < -0.4 is 5.43 Å². The quantitative estimate of drug-likeness (QED) is 0.541. The van der Waals surface area contributed by atoms with Crippen molar-refractivity contribution in [3.8, 4) is 0 Å². The van der Waals surface area contributed by atoms with E-state index in [0.717, 1.165) is 18.2 Å². The predicted octanol–water partition coefficient (Wildman–Crippen LogP) is 2.88. The number of aryl methyl sites for hydroxylation is 1. The zero-order valence-electron chi connectivity index (χ0n) is 15.3. The van der Waals surface area contributed by atoms with Crippen LogP contribution in [0.3, 0.4) is 0 Å². The number of amides is 1. The Kier molecular flexibility index (Phi) is 7.68. The van der Waals surface area contributed by atoms with E-state index >= 15 is 0 Å². The second-order valence-corrected chi connectivity index (χ2v) is 5.42. The lowest BCUT2D eigenvalue weighted by Gasteiger charge is -2.03. The van der Waals surface area contributed by atoms with Gasteiger partial charge >= 0.3 is 0 Å².